The van der Waals surface area contributed by atoms with Crippen LogP contribution in [0, 0.1) is 11.3 Å². The largest absolute Gasteiger partial charge is 0.497 e. The van der Waals surface area contributed by atoms with Gasteiger partial charge in [-0.1, -0.05) is 32.9 Å². The molecule has 0 radical (unpaired) electrons. The smallest absolute Gasteiger partial charge is 0.118 e. The van der Waals surface area contributed by atoms with E-state index in [-0.39, 0.29) is 0 Å². The van der Waals surface area contributed by atoms with Gasteiger partial charge in [-0.2, -0.15) is 12.6 Å². The number of ether oxygens (including phenoxy) is 1. The molecule has 1 unspecified atom stereocenters. The highest BCUT2D eigenvalue weighted by molar-refractivity contribution is 7.80. The lowest BCUT2D eigenvalue weighted by Gasteiger charge is -2.33. The Kier molecular flexibility index (Phi) is 6.21. The molecule has 2 nitrogen and oxygen atoms in total. The maximum atomic E-state index is 5.18. The van der Waals surface area contributed by atoms with Crippen LogP contribution >= 0.6 is 12.6 Å². The van der Waals surface area contributed by atoms with E-state index in [9.17, 15) is 0 Å². The van der Waals surface area contributed by atoms with Gasteiger partial charge in [0.05, 0.1) is 7.11 Å². The van der Waals surface area contributed by atoms with Crippen LogP contribution < -0.4 is 4.74 Å². The normalized spacial score (nSPS) is 13.6. The summed E-state index contributed by atoms with van der Waals surface area (Å²) in [4.78, 5) is 2.37. The average Bonchev–Trinajstić information content (AvgIpc) is 2.35. The van der Waals surface area contributed by atoms with Crippen LogP contribution in [0.4, 0.5) is 0 Å². The zero-order chi connectivity index (χ0) is 14.5. The van der Waals surface area contributed by atoms with Gasteiger partial charge in [0.15, 0.2) is 0 Å². The van der Waals surface area contributed by atoms with Crippen molar-refractivity contribution in [2.24, 2.45) is 11.3 Å². The van der Waals surface area contributed by atoms with Crippen molar-refractivity contribution in [3.8, 4) is 5.75 Å². The summed E-state index contributed by atoms with van der Waals surface area (Å²) in [7, 11) is 3.87. The van der Waals surface area contributed by atoms with Crippen LogP contribution in [0.1, 0.15) is 26.3 Å². The molecule has 3 heteroatoms. The number of nitrogens with zero attached hydrogens (tertiary/aromatic N) is 1. The van der Waals surface area contributed by atoms with Crippen LogP contribution in [-0.4, -0.2) is 31.4 Å². The summed E-state index contributed by atoms with van der Waals surface area (Å²) in [5, 5.41) is 0. The summed E-state index contributed by atoms with van der Waals surface area (Å²) in [6, 6.07) is 8.29. The number of thiol groups is 1. The Morgan fingerprint density at radius 3 is 2.21 bits per heavy atom. The van der Waals surface area contributed by atoms with Crippen molar-refractivity contribution in [3.63, 3.8) is 0 Å². The highest BCUT2D eigenvalue weighted by atomic mass is 32.1. The third-order valence-corrected chi connectivity index (χ3v) is 4.03. The first-order valence-corrected chi connectivity index (χ1v) is 7.42. The molecule has 0 aliphatic rings. The van der Waals surface area contributed by atoms with Gasteiger partial charge < -0.3 is 9.64 Å². The van der Waals surface area contributed by atoms with Gasteiger partial charge in [0, 0.05) is 13.1 Å². The van der Waals surface area contributed by atoms with E-state index in [2.05, 4.69) is 57.5 Å². The van der Waals surface area contributed by atoms with Gasteiger partial charge >= 0.3 is 0 Å². The van der Waals surface area contributed by atoms with Crippen LogP contribution in [0.2, 0.25) is 0 Å². The fourth-order valence-corrected chi connectivity index (χ4v) is 2.75. The molecule has 1 aromatic carbocycles. The van der Waals surface area contributed by atoms with Gasteiger partial charge in [-0.05, 0) is 41.8 Å². The highest BCUT2D eigenvalue weighted by Crippen LogP contribution is 2.27. The summed E-state index contributed by atoms with van der Waals surface area (Å²) in [5.41, 5.74) is 1.62. The predicted molar refractivity (Wildman–Crippen MR) is 86.1 cm³/mol. The highest BCUT2D eigenvalue weighted by Gasteiger charge is 2.24. The lowest BCUT2D eigenvalue weighted by atomic mass is 9.81. The SMILES string of the molecule is COc1ccc(CN(C)CC(CS)C(C)(C)C)cc1. The van der Waals surface area contributed by atoms with Gasteiger partial charge in [-0.3, -0.25) is 0 Å². The maximum Gasteiger partial charge on any atom is 0.118 e. The van der Waals surface area contributed by atoms with Crippen molar-refractivity contribution >= 4 is 12.6 Å². The first-order chi connectivity index (χ1) is 8.86. The molecular formula is C16H27NOS. The molecule has 0 bridgehead atoms. The lowest BCUT2D eigenvalue weighted by Crippen LogP contribution is -2.34. The van der Waals surface area contributed by atoms with E-state index in [0.717, 1.165) is 24.6 Å². The van der Waals surface area contributed by atoms with Crippen LogP contribution in [-0.2, 0) is 6.54 Å². The summed E-state index contributed by atoms with van der Waals surface area (Å²) in [6.07, 6.45) is 0. The molecule has 1 aromatic rings. The first-order valence-electron chi connectivity index (χ1n) is 6.79. The Morgan fingerprint density at radius 2 is 1.79 bits per heavy atom. The quantitative estimate of drug-likeness (QED) is 0.798. The molecule has 0 heterocycles. The molecule has 108 valence electrons. The molecule has 1 atom stereocenters. The van der Waals surface area contributed by atoms with Crippen molar-refractivity contribution in [1.82, 2.24) is 4.90 Å². The van der Waals surface area contributed by atoms with E-state index in [1.807, 2.05) is 12.1 Å². The van der Waals surface area contributed by atoms with Crippen molar-refractivity contribution < 1.29 is 4.74 Å². The number of rotatable bonds is 6. The minimum absolute atomic E-state index is 0.302. The van der Waals surface area contributed by atoms with Crippen molar-refractivity contribution in [3.05, 3.63) is 29.8 Å². The number of hydrogen-bond acceptors (Lipinski definition) is 3. The number of methoxy groups -OCH3 is 1. The molecule has 0 N–H and O–H groups in total. The van der Waals surface area contributed by atoms with E-state index in [0.29, 0.717) is 11.3 Å². The third kappa shape index (κ3) is 5.45. The second-order valence-corrected chi connectivity index (χ2v) is 6.66. The summed E-state index contributed by atoms with van der Waals surface area (Å²) in [6.45, 7) is 8.89. The van der Waals surface area contributed by atoms with Crippen molar-refractivity contribution in [2.75, 3.05) is 26.5 Å². The Bertz CT molecular complexity index is 369. The first kappa shape index (κ1) is 16.4. The van der Waals surface area contributed by atoms with Crippen molar-refractivity contribution in [2.45, 2.75) is 27.3 Å². The predicted octanol–water partition coefficient (Wildman–Crippen LogP) is 3.72. The standard InChI is InChI=1S/C16H27NOS/c1-16(2,3)14(12-19)11-17(4)10-13-6-8-15(18-5)9-7-13/h6-9,14,19H,10-12H2,1-5H3. The monoisotopic (exact) mass is 281 g/mol. The Labute approximate surface area is 123 Å². The zero-order valence-corrected chi connectivity index (χ0v) is 13.7. The molecule has 0 aliphatic heterocycles. The number of benzene rings is 1. The molecule has 1 rings (SSSR count). The Hall–Kier alpha value is -0.670. The molecular weight excluding hydrogens is 254 g/mol. The molecule has 0 aliphatic carbocycles. The van der Waals surface area contributed by atoms with E-state index in [1.165, 1.54) is 5.56 Å². The number of hydrogen-bond donors (Lipinski definition) is 1. The van der Waals surface area contributed by atoms with Gasteiger partial charge in [-0.25, -0.2) is 0 Å². The molecule has 0 aromatic heterocycles. The molecule has 19 heavy (non-hydrogen) atoms. The fraction of sp³-hybridized carbons (Fsp3) is 0.625. The second-order valence-electron chi connectivity index (χ2n) is 6.29. The third-order valence-electron chi connectivity index (χ3n) is 3.59. The van der Waals surface area contributed by atoms with E-state index < -0.39 is 0 Å². The van der Waals surface area contributed by atoms with Crippen LogP contribution in [0.3, 0.4) is 0 Å². The Balaban J connectivity index is 2.56. The molecule has 0 amide bonds. The molecule has 0 saturated carbocycles. The average molecular weight is 281 g/mol. The minimum atomic E-state index is 0.302. The zero-order valence-electron chi connectivity index (χ0n) is 12.8. The lowest BCUT2D eigenvalue weighted by molar-refractivity contribution is 0.183. The summed E-state index contributed by atoms with van der Waals surface area (Å²) in [5.74, 6) is 2.43. The fourth-order valence-electron chi connectivity index (χ4n) is 2.09. The Morgan fingerprint density at radius 1 is 1.21 bits per heavy atom. The van der Waals surface area contributed by atoms with E-state index >= 15 is 0 Å². The van der Waals surface area contributed by atoms with Gasteiger partial charge in [-0.15, -0.1) is 0 Å². The van der Waals surface area contributed by atoms with E-state index in [4.69, 9.17) is 4.74 Å². The minimum Gasteiger partial charge on any atom is -0.497 e. The maximum absolute atomic E-state index is 5.18. The molecule has 0 fully saturated rings. The van der Waals surface area contributed by atoms with Gasteiger partial charge in [0.1, 0.15) is 5.75 Å². The molecule has 0 saturated heterocycles. The second kappa shape index (κ2) is 7.20. The summed E-state index contributed by atoms with van der Waals surface area (Å²) >= 11 is 4.49. The summed E-state index contributed by atoms with van der Waals surface area (Å²) < 4.78 is 5.18. The molecule has 0 spiro atoms. The van der Waals surface area contributed by atoms with Crippen LogP contribution in [0.5, 0.6) is 5.75 Å². The van der Waals surface area contributed by atoms with E-state index in [1.54, 1.807) is 7.11 Å². The van der Waals surface area contributed by atoms with Gasteiger partial charge in [0.25, 0.3) is 0 Å². The topological polar surface area (TPSA) is 12.5 Å². The van der Waals surface area contributed by atoms with Crippen LogP contribution in [0.25, 0.3) is 0 Å². The van der Waals surface area contributed by atoms with Crippen molar-refractivity contribution in [1.29, 1.82) is 0 Å². The van der Waals surface area contributed by atoms with Crippen LogP contribution in [0.15, 0.2) is 24.3 Å². The van der Waals surface area contributed by atoms with Gasteiger partial charge in [0.2, 0.25) is 0 Å².